The summed E-state index contributed by atoms with van der Waals surface area (Å²) in [5, 5.41) is 4.43. The van der Waals surface area contributed by atoms with Crippen molar-refractivity contribution in [2.24, 2.45) is 5.73 Å². The van der Waals surface area contributed by atoms with Gasteiger partial charge in [-0.05, 0) is 53.4 Å². The Balaban J connectivity index is 2.63. The number of halogens is 2. The quantitative estimate of drug-likeness (QED) is 0.939. The average molecular weight is 326 g/mol. The molecule has 2 aromatic rings. The Hall–Kier alpha value is -1.20. The minimum absolute atomic E-state index is 0.301. The van der Waals surface area contributed by atoms with E-state index in [0.717, 1.165) is 23.4 Å². The van der Waals surface area contributed by atoms with Crippen LogP contribution >= 0.6 is 15.9 Å². The zero-order chi connectivity index (χ0) is 14.2. The first-order chi connectivity index (χ1) is 9.01. The molecule has 1 aromatic carbocycles. The smallest absolute Gasteiger partial charge is 0.163 e. The topological polar surface area (TPSA) is 43.8 Å². The van der Waals surface area contributed by atoms with E-state index in [0.29, 0.717) is 16.7 Å². The van der Waals surface area contributed by atoms with Gasteiger partial charge in [0.2, 0.25) is 0 Å². The maximum Gasteiger partial charge on any atom is 0.163 e. The minimum atomic E-state index is -0.323. The summed E-state index contributed by atoms with van der Waals surface area (Å²) in [6, 6.07) is 3.55. The Bertz CT molecular complexity index is 620. The summed E-state index contributed by atoms with van der Waals surface area (Å²) in [4.78, 5) is 0. The molecule has 0 saturated carbocycles. The maximum atomic E-state index is 14.4. The highest BCUT2D eigenvalue weighted by Gasteiger charge is 2.17. The lowest BCUT2D eigenvalue weighted by Gasteiger charge is -2.10. The van der Waals surface area contributed by atoms with Gasteiger partial charge >= 0.3 is 0 Å². The van der Waals surface area contributed by atoms with E-state index in [4.69, 9.17) is 5.73 Å². The molecule has 3 nitrogen and oxygen atoms in total. The van der Waals surface area contributed by atoms with E-state index in [1.165, 1.54) is 5.56 Å². The molecule has 19 heavy (non-hydrogen) atoms. The number of hydrogen-bond acceptors (Lipinski definition) is 2. The molecule has 5 heteroatoms. The van der Waals surface area contributed by atoms with Crippen LogP contribution in [0.2, 0.25) is 0 Å². The summed E-state index contributed by atoms with van der Waals surface area (Å²) in [5.74, 6) is -0.323. The van der Waals surface area contributed by atoms with Gasteiger partial charge in [0, 0.05) is 12.2 Å². The molecular formula is C14H17BrFN3. The highest BCUT2D eigenvalue weighted by Crippen LogP contribution is 2.27. The van der Waals surface area contributed by atoms with Gasteiger partial charge in [-0.2, -0.15) is 5.10 Å². The van der Waals surface area contributed by atoms with Gasteiger partial charge in [-0.3, -0.25) is 0 Å². The molecule has 0 fully saturated rings. The predicted octanol–water partition coefficient (Wildman–Crippen LogP) is 3.41. The van der Waals surface area contributed by atoms with Crippen LogP contribution < -0.4 is 5.73 Å². The first-order valence-electron chi connectivity index (χ1n) is 6.23. The van der Waals surface area contributed by atoms with E-state index >= 15 is 0 Å². The molecule has 0 aliphatic heterocycles. The van der Waals surface area contributed by atoms with E-state index in [9.17, 15) is 4.39 Å². The molecule has 102 valence electrons. The molecule has 0 aliphatic rings. The van der Waals surface area contributed by atoms with Crippen LogP contribution in [0, 0.1) is 19.7 Å². The van der Waals surface area contributed by atoms with Crippen molar-refractivity contribution >= 4 is 15.9 Å². The van der Waals surface area contributed by atoms with Crippen molar-refractivity contribution in [1.82, 2.24) is 9.78 Å². The normalized spacial score (nSPS) is 11.1. The summed E-state index contributed by atoms with van der Waals surface area (Å²) < 4.78 is 16.5. The van der Waals surface area contributed by atoms with Crippen LogP contribution in [-0.4, -0.2) is 9.78 Å². The fourth-order valence-electron chi connectivity index (χ4n) is 2.32. The number of benzene rings is 1. The number of aromatic nitrogens is 2. The van der Waals surface area contributed by atoms with Crippen molar-refractivity contribution in [1.29, 1.82) is 0 Å². The van der Waals surface area contributed by atoms with E-state index in [1.807, 2.05) is 19.9 Å². The van der Waals surface area contributed by atoms with E-state index in [1.54, 1.807) is 10.7 Å². The van der Waals surface area contributed by atoms with Crippen LogP contribution in [0.25, 0.3) is 5.69 Å². The summed E-state index contributed by atoms with van der Waals surface area (Å²) in [6.07, 6.45) is 0.890. The van der Waals surface area contributed by atoms with Crippen LogP contribution in [0.5, 0.6) is 0 Å². The fraction of sp³-hybridized carbons (Fsp3) is 0.357. The Labute approximate surface area is 120 Å². The number of aryl methyl sites for hydroxylation is 1. The predicted molar refractivity (Wildman–Crippen MR) is 78.0 cm³/mol. The third-order valence-corrected chi connectivity index (χ3v) is 4.24. The van der Waals surface area contributed by atoms with Crippen LogP contribution in [0.3, 0.4) is 0 Å². The Morgan fingerprint density at radius 3 is 2.58 bits per heavy atom. The Morgan fingerprint density at radius 2 is 2.05 bits per heavy atom. The summed E-state index contributed by atoms with van der Waals surface area (Å²) in [5.41, 5.74) is 9.85. The first kappa shape index (κ1) is 14.2. The zero-order valence-corrected chi connectivity index (χ0v) is 12.9. The summed E-state index contributed by atoms with van der Waals surface area (Å²) >= 11 is 3.26. The van der Waals surface area contributed by atoms with Gasteiger partial charge in [-0.15, -0.1) is 0 Å². The Morgan fingerprint density at radius 1 is 1.37 bits per heavy atom. The third kappa shape index (κ3) is 2.32. The summed E-state index contributed by atoms with van der Waals surface area (Å²) in [6.45, 7) is 6.28. The molecule has 1 aromatic heterocycles. The lowest BCUT2D eigenvalue weighted by atomic mass is 10.1. The summed E-state index contributed by atoms with van der Waals surface area (Å²) in [7, 11) is 0. The molecule has 0 amide bonds. The van der Waals surface area contributed by atoms with Gasteiger partial charge in [0.15, 0.2) is 5.82 Å². The second-order valence-corrected chi connectivity index (χ2v) is 5.28. The number of nitrogens with zero attached hydrogens (tertiary/aromatic N) is 2. The SMILES string of the molecule is CCc1c(C)nn(-c2ccc(CN)c(Br)c2F)c1C. The van der Waals surface area contributed by atoms with E-state index in [-0.39, 0.29) is 5.82 Å². The van der Waals surface area contributed by atoms with E-state index < -0.39 is 0 Å². The molecule has 2 N–H and O–H groups in total. The van der Waals surface area contributed by atoms with Crippen molar-refractivity contribution in [2.75, 3.05) is 0 Å². The fourth-order valence-corrected chi connectivity index (χ4v) is 2.82. The molecular weight excluding hydrogens is 309 g/mol. The number of hydrogen-bond donors (Lipinski definition) is 1. The largest absolute Gasteiger partial charge is 0.326 e. The van der Waals surface area contributed by atoms with Crippen molar-refractivity contribution < 1.29 is 4.39 Å². The highest BCUT2D eigenvalue weighted by molar-refractivity contribution is 9.10. The monoisotopic (exact) mass is 325 g/mol. The molecule has 0 saturated heterocycles. The molecule has 2 rings (SSSR count). The minimum Gasteiger partial charge on any atom is -0.326 e. The second kappa shape index (κ2) is 5.43. The Kier molecular flexibility index (Phi) is 4.06. The molecule has 1 heterocycles. The van der Waals surface area contributed by atoms with Crippen LogP contribution in [0.4, 0.5) is 4.39 Å². The lowest BCUT2D eigenvalue weighted by molar-refractivity contribution is 0.599. The van der Waals surface area contributed by atoms with Gasteiger partial charge in [0.05, 0.1) is 10.2 Å². The van der Waals surface area contributed by atoms with Gasteiger partial charge < -0.3 is 5.73 Å². The number of rotatable bonds is 3. The molecule has 0 unspecified atom stereocenters. The lowest BCUT2D eigenvalue weighted by Crippen LogP contribution is -2.06. The molecule has 0 aliphatic carbocycles. The molecule has 0 bridgehead atoms. The zero-order valence-electron chi connectivity index (χ0n) is 11.3. The molecule has 0 spiro atoms. The molecule has 0 radical (unpaired) electrons. The van der Waals surface area contributed by atoms with Crippen molar-refractivity contribution in [3.05, 3.63) is 44.9 Å². The van der Waals surface area contributed by atoms with Crippen LogP contribution in [0.15, 0.2) is 16.6 Å². The van der Waals surface area contributed by atoms with Crippen molar-refractivity contribution in [3.63, 3.8) is 0 Å². The van der Waals surface area contributed by atoms with Crippen LogP contribution in [-0.2, 0) is 13.0 Å². The van der Waals surface area contributed by atoms with Crippen molar-refractivity contribution in [2.45, 2.75) is 33.7 Å². The number of nitrogens with two attached hydrogens (primary N) is 1. The van der Waals surface area contributed by atoms with Gasteiger partial charge in [0.1, 0.15) is 5.69 Å². The molecule has 0 atom stereocenters. The maximum absolute atomic E-state index is 14.4. The first-order valence-corrected chi connectivity index (χ1v) is 7.02. The third-order valence-electron chi connectivity index (χ3n) is 3.38. The van der Waals surface area contributed by atoms with Gasteiger partial charge in [0.25, 0.3) is 0 Å². The van der Waals surface area contributed by atoms with Crippen LogP contribution in [0.1, 0.15) is 29.4 Å². The van der Waals surface area contributed by atoms with E-state index in [2.05, 4.69) is 28.0 Å². The van der Waals surface area contributed by atoms with Crippen molar-refractivity contribution in [3.8, 4) is 5.69 Å². The van der Waals surface area contributed by atoms with Gasteiger partial charge in [-0.25, -0.2) is 9.07 Å². The standard InChI is InChI=1S/C14H17BrFN3/c1-4-11-8(2)18-19(9(11)3)12-6-5-10(7-17)13(15)14(12)16/h5-6H,4,7,17H2,1-3H3. The average Bonchev–Trinajstić information content (AvgIpc) is 2.67. The highest BCUT2D eigenvalue weighted by atomic mass is 79.9. The van der Waals surface area contributed by atoms with Gasteiger partial charge in [-0.1, -0.05) is 13.0 Å². The second-order valence-electron chi connectivity index (χ2n) is 4.49.